The second-order valence-electron chi connectivity index (χ2n) is 9.53. The molecular formula is C26H31ClN2O5. The number of ether oxygens (including phenoxy) is 2. The predicted octanol–water partition coefficient (Wildman–Crippen LogP) is 4.50. The van der Waals surface area contributed by atoms with Crippen LogP contribution in [0.1, 0.15) is 39.2 Å². The topological polar surface area (TPSA) is 76.2 Å². The van der Waals surface area contributed by atoms with Gasteiger partial charge in [0.25, 0.3) is 5.91 Å². The van der Waals surface area contributed by atoms with Gasteiger partial charge in [0.1, 0.15) is 6.04 Å². The molecule has 3 amide bonds. The Labute approximate surface area is 205 Å². The van der Waals surface area contributed by atoms with Gasteiger partial charge in [0.15, 0.2) is 11.5 Å². The van der Waals surface area contributed by atoms with E-state index in [9.17, 15) is 14.4 Å². The van der Waals surface area contributed by atoms with E-state index in [1.807, 2.05) is 39.0 Å². The molecule has 7 nitrogen and oxygen atoms in total. The number of anilines is 1. The Morgan fingerprint density at radius 1 is 1.06 bits per heavy atom. The van der Waals surface area contributed by atoms with Crippen molar-refractivity contribution < 1.29 is 23.9 Å². The first-order valence-corrected chi connectivity index (χ1v) is 11.5. The van der Waals surface area contributed by atoms with Gasteiger partial charge in [0, 0.05) is 18.0 Å². The van der Waals surface area contributed by atoms with Crippen LogP contribution in [0, 0.1) is 5.41 Å². The minimum Gasteiger partial charge on any atom is -0.493 e. The molecule has 0 N–H and O–H groups in total. The number of halogens is 1. The summed E-state index contributed by atoms with van der Waals surface area (Å²) in [6.45, 7) is 6.21. The third kappa shape index (κ3) is 5.89. The average molecular weight is 487 g/mol. The second-order valence-corrected chi connectivity index (χ2v) is 9.96. The van der Waals surface area contributed by atoms with Gasteiger partial charge in [-0.05, 0) is 53.8 Å². The highest BCUT2D eigenvalue weighted by Crippen LogP contribution is 2.30. The molecule has 1 aliphatic heterocycles. The monoisotopic (exact) mass is 486 g/mol. The number of benzene rings is 2. The fourth-order valence-electron chi connectivity index (χ4n) is 4.02. The summed E-state index contributed by atoms with van der Waals surface area (Å²) < 4.78 is 10.7. The van der Waals surface area contributed by atoms with E-state index in [1.165, 1.54) is 0 Å². The molecule has 1 saturated heterocycles. The number of hydrogen-bond donors (Lipinski definition) is 0. The van der Waals surface area contributed by atoms with Crippen LogP contribution in [0.4, 0.5) is 5.69 Å². The van der Waals surface area contributed by atoms with Crippen LogP contribution in [0.3, 0.4) is 0 Å². The molecule has 1 heterocycles. The molecule has 2 aromatic carbocycles. The lowest BCUT2D eigenvalue weighted by molar-refractivity contribution is -0.139. The van der Waals surface area contributed by atoms with E-state index in [1.54, 1.807) is 43.4 Å². The molecular weight excluding hydrogens is 456 g/mol. The van der Waals surface area contributed by atoms with Crippen molar-refractivity contribution in [2.45, 2.75) is 46.1 Å². The Morgan fingerprint density at radius 2 is 1.71 bits per heavy atom. The van der Waals surface area contributed by atoms with Crippen LogP contribution in [-0.4, -0.2) is 49.4 Å². The van der Waals surface area contributed by atoms with Crippen molar-refractivity contribution in [3.05, 3.63) is 53.1 Å². The van der Waals surface area contributed by atoms with Gasteiger partial charge in [-0.2, -0.15) is 0 Å². The minimum atomic E-state index is -0.849. The summed E-state index contributed by atoms with van der Waals surface area (Å²) in [7, 11) is 3.13. The van der Waals surface area contributed by atoms with Gasteiger partial charge in [-0.1, -0.05) is 38.4 Å². The van der Waals surface area contributed by atoms with Crippen LogP contribution in [-0.2, 0) is 20.8 Å². The smallest absolute Gasteiger partial charge is 0.257 e. The average Bonchev–Trinajstić information content (AvgIpc) is 3.07. The van der Waals surface area contributed by atoms with Gasteiger partial charge < -0.3 is 14.4 Å². The van der Waals surface area contributed by atoms with Crippen LogP contribution in [0.5, 0.6) is 11.5 Å². The van der Waals surface area contributed by atoms with E-state index in [0.717, 1.165) is 10.5 Å². The number of methoxy groups -OCH3 is 2. The van der Waals surface area contributed by atoms with E-state index in [-0.39, 0.29) is 30.1 Å². The normalized spacial score (nSPS) is 16.1. The summed E-state index contributed by atoms with van der Waals surface area (Å²) in [6.07, 6.45) is 0.705. The van der Waals surface area contributed by atoms with Gasteiger partial charge in [-0.3, -0.25) is 14.4 Å². The zero-order valence-corrected chi connectivity index (χ0v) is 21.0. The summed E-state index contributed by atoms with van der Waals surface area (Å²) in [4.78, 5) is 42.2. The summed E-state index contributed by atoms with van der Waals surface area (Å²) in [5, 5.41) is 0.510. The van der Waals surface area contributed by atoms with Gasteiger partial charge in [-0.25, -0.2) is 4.90 Å². The molecule has 0 aromatic heterocycles. The molecule has 0 aliphatic carbocycles. The number of carbonyl (C=O) groups is 3. The summed E-state index contributed by atoms with van der Waals surface area (Å²) >= 11 is 5.96. The lowest BCUT2D eigenvalue weighted by atomic mass is 9.91. The van der Waals surface area contributed by atoms with Crippen molar-refractivity contribution in [3.63, 3.8) is 0 Å². The molecule has 1 aliphatic rings. The number of imide groups is 1. The predicted molar refractivity (Wildman–Crippen MR) is 131 cm³/mol. The van der Waals surface area contributed by atoms with Crippen LogP contribution >= 0.6 is 11.6 Å². The maximum atomic E-state index is 13.3. The van der Waals surface area contributed by atoms with Crippen molar-refractivity contribution in [2.24, 2.45) is 5.41 Å². The fraction of sp³-hybridized carbons (Fsp3) is 0.423. The molecule has 1 fully saturated rings. The summed E-state index contributed by atoms with van der Waals surface area (Å²) in [5.41, 5.74) is 1.11. The molecule has 3 rings (SSSR count). The van der Waals surface area contributed by atoms with Crippen LogP contribution in [0.2, 0.25) is 5.02 Å². The molecule has 34 heavy (non-hydrogen) atoms. The highest BCUT2D eigenvalue weighted by Gasteiger charge is 2.44. The minimum absolute atomic E-state index is 0.0523. The molecule has 8 heteroatoms. The van der Waals surface area contributed by atoms with Crippen molar-refractivity contribution in [1.29, 1.82) is 0 Å². The van der Waals surface area contributed by atoms with Gasteiger partial charge in [0.2, 0.25) is 11.8 Å². The highest BCUT2D eigenvalue weighted by molar-refractivity contribution is 6.30. The summed E-state index contributed by atoms with van der Waals surface area (Å²) in [6, 6.07) is 11.2. The third-order valence-electron chi connectivity index (χ3n) is 5.68. The van der Waals surface area contributed by atoms with E-state index in [4.69, 9.17) is 21.1 Å². The quantitative estimate of drug-likeness (QED) is 0.513. The first kappa shape index (κ1) is 25.6. The van der Waals surface area contributed by atoms with E-state index < -0.39 is 11.9 Å². The van der Waals surface area contributed by atoms with Gasteiger partial charge >= 0.3 is 0 Å². The molecule has 0 saturated carbocycles. The van der Waals surface area contributed by atoms with Crippen molar-refractivity contribution >= 4 is 35.0 Å². The molecule has 182 valence electrons. The number of amides is 3. The fourth-order valence-corrected chi connectivity index (χ4v) is 4.14. The Balaban J connectivity index is 1.86. The molecule has 0 radical (unpaired) electrons. The van der Waals surface area contributed by atoms with E-state index >= 15 is 0 Å². The lowest BCUT2D eigenvalue weighted by Gasteiger charge is -2.30. The first-order valence-electron chi connectivity index (χ1n) is 11.2. The van der Waals surface area contributed by atoms with Crippen LogP contribution in [0.15, 0.2) is 42.5 Å². The molecule has 2 aromatic rings. The largest absolute Gasteiger partial charge is 0.493 e. The van der Waals surface area contributed by atoms with E-state index in [2.05, 4.69) is 0 Å². The Bertz CT molecular complexity index is 1060. The third-order valence-corrected chi connectivity index (χ3v) is 5.93. The van der Waals surface area contributed by atoms with Gasteiger partial charge in [0.05, 0.1) is 26.3 Å². The summed E-state index contributed by atoms with van der Waals surface area (Å²) in [5.74, 6) is 0.312. The number of rotatable bonds is 8. The van der Waals surface area contributed by atoms with Crippen molar-refractivity contribution in [1.82, 2.24) is 4.90 Å². The standard InChI is InChI=1S/C26H31ClN2O5/c1-26(2,3)16-24(31)28(13-12-17-6-11-21(33-4)22(14-17)34-5)20-15-23(30)29(25(20)32)19-9-7-18(27)8-10-19/h6-11,14,20H,12-13,15-16H2,1-5H3. The second kappa shape index (κ2) is 10.5. The zero-order valence-electron chi connectivity index (χ0n) is 20.3. The zero-order chi connectivity index (χ0) is 25.0. The molecule has 0 bridgehead atoms. The molecule has 1 unspecified atom stereocenters. The molecule has 0 spiro atoms. The lowest BCUT2D eigenvalue weighted by Crippen LogP contribution is -2.47. The maximum Gasteiger partial charge on any atom is 0.257 e. The maximum absolute atomic E-state index is 13.3. The Morgan fingerprint density at radius 3 is 2.29 bits per heavy atom. The Kier molecular flexibility index (Phi) is 7.87. The number of nitrogens with zero attached hydrogens (tertiary/aromatic N) is 2. The first-order chi connectivity index (χ1) is 16.0. The van der Waals surface area contributed by atoms with E-state index in [0.29, 0.717) is 35.2 Å². The van der Waals surface area contributed by atoms with Crippen molar-refractivity contribution in [2.75, 3.05) is 25.7 Å². The number of hydrogen-bond acceptors (Lipinski definition) is 5. The highest BCUT2D eigenvalue weighted by atomic mass is 35.5. The van der Waals surface area contributed by atoms with Crippen LogP contribution in [0.25, 0.3) is 0 Å². The SMILES string of the molecule is COc1ccc(CCN(C(=O)CC(C)(C)C)C2CC(=O)N(c3ccc(Cl)cc3)C2=O)cc1OC. The molecule has 1 atom stereocenters. The number of carbonyl (C=O) groups excluding carboxylic acids is 3. The van der Waals surface area contributed by atoms with Gasteiger partial charge in [-0.15, -0.1) is 0 Å². The Hall–Kier alpha value is -3.06. The van der Waals surface area contributed by atoms with Crippen LogP contribution < -0.4 is 14.4 Å². The van der Waals surface area contributed by atoms with Crippen molar-refractivity contribution in [3.8, 4) is 11.5 Å².